The van der Waals surface area contributed by atoms with Crippen LogP contribution in [0.3, 0.4) is 0 Å². The third kappa shape index (κ3) is 5.92. The van der Waals surface area contributed by atoms with Crippen LogP contribution in [0.4, 0.5) is 4.39 Å². The van der Waals surface area contributed by atoms with Gasteiger partial charge in [-0.05, 0) is 38.5 Å². The predicted molar refractivity (Wildman–Crippen MR) is 91.0 cm³/mol. The maximum absolute atomic E-state index is 12.9. The van der Waals surface area contributed by atoms with Crippen molar-refractivity contribution < 1.29 is 14.0 Å². The third-order valence-corrected chi connectivity index (χ3v) is 3.88. The smallest absolute Gasteiger partial charge is 0.234 e. The lowest BCUT2D eigenvalue weighted by Gasteiger charge is -2.35. The highest BCUT2D eigenvalue weighted by Gasteiger charge is 2.23. The molecule has 0 bridgehead atoms. The molecule has 0 aliphatic carbocycles. The van der Waals surface area contributed by atoms with E-state index in [1.807, 2.05) is 25.7 Å². The molecule has 2 amide bonds. The van der Waals surface area contributed by atoms with Gasteiger partial charge in [-0.1, -0.05) is 12.1 Å². The van der Waals surface area contributed by atoms with Crippen molar-refractivity contribution in [1.82, 2.24) is 15.1 Å². The van der Waals surface area contributed by atoms with Crippen molar-refractivity contribution in [2.75, 3.05) is 32.7 Å². The SMILES string of the molecule is CC(C)(C)NC(=O)CN1CCN(C(=O)Cc2ccc(F)cc2)CC1. The average Bonchev–Trinajstić information content (AvgIpc) is 2.48. The summed E-state index contributed by atoms with van der Waals surface area (Å²) in [4.78, 5) is 28.1. The van der Waals surface area contributed by atoms with Gasteiger partial charge in [0.15, 0.2) is 0 Å². The highest BCUT2D eigenvalue weighted by molar-refractivity contribution is 5.79. The molecule has 1 aromatic carbocycles. The summed E-state index contributed by atoms with van der Waals surface area (Å²) in [5.74, 6) is -0.248. The minimum Gasteiger partial charge on any atom is -0.350 e. The van der Waals surface area contributed by atoms with E-state index in [2.05, 4.69) is 10.2 Å². The molecule has 1 aliphatic rings. The van der Waals surface area contributed by atoms with Gasteiger partial charge in [-0.25, -0.2) is 4.39 Å². The quantitative estimate of drug-likeness (QED) is 0.906. The van der Waals surface area contributed by atoms with Crippen LogP contribution in [0.15, 0.2) is 24.3 Å². The van der Waals surface area contributed by atoms with Gasteiger partial charge in [0.25, 0.3) is 0 Å². The van der Waals surface area contributed by atoms with E-state index in [1.54, 1.807) is 12.1 Å². The van der Waals surface area contributed by atoms with Crippen LogP contribution in [0.5, 0.6) is 0 Å². The van der Waals surface area contributed by atoms with E-state index in [9.17, 15) is 14.0 Å². The van der Waals surface area contributed by atoms with Crippen LogP contribution in [0.2, 0.25) is 0 Å². The minimum absolute atomic E-state index is 0.00795. The van der Waals surface area contributed by atoms with Gasteiger partial charge in [-0.15, -0.1) is 0 Å². The molecular formula is C18H26FN3O2. The fraction of sp³-hybridized carbons (Fsp3) is 0.556. The molecule has 132 valence electrons. The Bertz CT molecular complexity index is 573. The highest BCUT2D eigenvalue weighted by atomic mass is 19.1. The molecule has 24 heavy (non-hydrogen) atoms. The lowest BCUT2D eigenvalue weighted by Crippen LogP contribution is -2.53. The summed E-state index contributed by atoms with van der Waals surface area (Å²) < 4.78 is 12.9. The number of piperazine rings is 1. The molecule has 1 N–H and O–H groups in total. The summed E-state index contributed by atoms with van der Waals surface area (Å²) in [6.07, 6.45) is 0.283. The molecule has 2 rings (SSSR count). The zero-order valence-corrected chi connectivity index (χ0v) is 14.6. The second-order valence-electron chi connectivity index (χ2n) is 7.26. The fourth-order valence-corrected chi connectivity index (χ4v) is 2.70. The van der Waals surface area contributed by atoms with Crippen LogP contribution >= 0.6 is 0 Å². The van der Waals surface area contributed by atoms with Gasteiger partial charge >= 0.3 is 0 Å². The van der Waals surface area contributed by atoms with Crippen LogP contribution < -0.4 is 5.32 Å². The number of amides is 2. The molecule has 0 radical (unpaired) electrons. The molecule has 0 spiro atoms. The summed E-state index contributed by atoms with van der Waals surface area (Å²) in [7, 11) is 0. The number of hydrogen-bond donors (Lipinski definition) is 1. The zero-order chi connectivity index (χ0) is 17.7. The number of nitrogens with one attached hydrogen (secondary N) is 1. The van der Waals surface area contributed by atoms with Gasteiger partial charge in [0.2, 0.25) is 11.8 Å². The number of carbonyl (C=O) groups is 2. The second-order valence-corrected chi connectivity index (χ2v) is 7.26. The van der Waals surface area contributed by atoms with Gasteiger partial charge in [-0.3, -0.25) is 14.5 Å². The van der Waals surface area contributed by atoms with Crippen LogP contribution in [0.1, 0.15) is 26.3 Å². The molecule has 0 unspecified atom stereocenters. The second kappa shape index (κ2) is 7.75. The Kier molecular flexibility index (Phi) is 5.94. The number of carbonyl (C=O) groups excluding carboxylic acids is 2. The first kappa shape index (κ1) is 18.4. The summed E-state index contributed by atoms with van der Waals surface area (Å²) in [6.45, 7) is 8.83. The van der Waals surface area contributed by atoms with Gasteiger partial charge in [0.05, 0.1) is 13.0 Å². The largest absolute Gasteiger partial charge is 0.350 e. The van der Waals surface area contributed by atoms with Gasteiger partial charge in [0, 0.05) is 31.7 Å². The molecule has 0 atom stereocenters. The van der Waals surface area contributed by atoms with Crippen molar-refractivity contribution in [2.24, 2.45) is 0 Å². The summed E-state index contributed by atoms with van der Waals surface area (Å²) in [5, 5.41) is 2.95. The van der Waals surface area contributed by atoms with Crippen molar-refractivity contribution in [2.45, 2.75) is 32.7 Å². The molecule has 5 nitrogen and oxygen atoms in total. The number of nitrogens with zero attached hydrogens (tertiary/aromatic N) is 2. The topological polar surface area (TPSA) is 52.7 Å². The summed E-state index contributed by atoms with van der Waals surface area (Å²) in [6, 6.07) is 6.02. The van der Waals surface area contributed by atoms with E-state index < -0.39 is 0 Å². The number of benzene rings is 1. The predicted octanol–water partition coefficient (Wildman–Crippen LogP) is 1.43. The Morgan fingerprint density at radius 1 is 1.08 bits per heavy atom. The Morgan fingerprint density at radius 3 is 2.21 bits per heavy atom. The molecule has 1 aliphatic heterocycles. The normalized spacial score (nSPS) is 16.1. The van der Waals surface area contributed by atoms with Gasteiger partial charge in [0.1, 0.15) is 5.82 Å². The minimum atomic E-state index is -0.298. The van der Waals surface area contributed by atoms with Crippen molar-refractivity contribution in [3.05, 3.63) is 35.6 Å². The summed E-state index contributed by atoms with van der Waals surface area (Å²) >= 11 is 0. The first-order valence-electron chi connectivity index (χ1n) is 8.28. The lowest BCUT2D eigenvalue weighted by atomic mass is 10.1. The number of rotatable bonds is 4. The van der Waals surface area contributed by atoms with Gasteiger partial charge < -0.3 is 10.2 Å². The Balaban J connectivity index is 1.76. The molecule has 0 aromatic heterocycles. The van der Waals surface area contributed by atoms with Crippen LogP contribution in [0.25, 0.3) is 0 Å². The fourth-order valence-electron chi connectivity index (χ4n) is 2.70. The molecule has 1 heterocycles. The van der Waals surface area contributed by atoms with Crippen LogP contribution in [-0.2, 0) is 16.0 Å². The first-order valence-corrected chi connectivity index (χ1v) is 8.28. The van der Waals surface area contributed by atoms with Crippen LogP contribution in [-0.4, -0.2) is 59.9 Å². The van der Waals surface area contributed by atoms with E-state index >= 15 is 0 Å². The number of halogens is 1. The standard InChI is InChI=1S/C18H26FN3O2/c1-18(2,3)20-16(23)13-21-8-10-22(11-9-21)17(24)12-14-4-6-15(19)7-5-14/h4-7H,8-13H2,1-3H3,(H,20,23). The van der Waals surface area contributed by atoms with Crippen molar-refractivity contribution in [3.63, 3.8) is 0 Å². The molecule has 6 heteroatoms. The number of hydrogen-bond acceptors (Lipinski definition) is 3. The van der Waals surface area contributed by atoms with Crippen molar-refractivity contribution in [1.29, 1.82) is 0 Å². The lowest BCUT2D eigenvalue weighted by molar-refractivity contribution is -0.132. The molecule has 1 saturated heterocycles. The van der Waals surface area contributed by atoms with E-state index in [4.69, 9.17) is 0 Å². The molecule has 1 aromatic rings. The van der Waals surface area contributed by atoms with E-state index in [-0.39, 0.29) is 29.6 Å². The van der Waals surface area contributed by atoms with Gasteiger partial charge in [-0.2, -0.15) is 0 Å². The molecular weight excluding hydrogens is 309 g/mol. The monoisotopic (exact) mass is 335 g/mol. The Labute approximate surface area is 142 Å². The Hall–Kier alpha value is -1.95. The zero-order valence-electron chi connectivity index (χ0n) is 14.6. The third-order valence-electron chi connectivity index (χ3n) is 3.88. The Morgan fingerprint density at radius 2 is 1.67 bits per heavy atom. The van der Waals surface area contributed by atoms with Crippen molar-refractivity contribution in [3.8, 4) is 0 Å². The first-order chi connectivity index (χ1) is 11.2. The van der Waals surface area contributed by atoms with Crippen molar-refractivity contribution >= 4 is 11.8 Å². The maximum atomic E-state index is 12.9. The van der Waals surface area contributed by atoms with E-state index in [0.29, 0.717) is 32.7 Å². The molecule has 1 fully saturated rings. The van der Waals surface area contributed by atoms with E-state index in [1.165, 1.54) is 12.1 Å². The highest BCUT2D eigenvalue weighted by Crippen LogP contribution is 2.08. The average molecular weight is 335 g/mol. The molecule has 0 saturated carbocycles. The van der Waals surface area contributed by atoms with Crippen LogP contribution in [0, 0.1) is 5.82 Å². The van der Waals surface area contributed by atoms with E-state index in [0.717, 1.165) is 5.56 Å². The summed E-state index contributed by atoms with van der Waals surface area (Å²) in [5.41, 5.74) is 0.581. The maximum Gasteiger partial charge on any atom is 0.234 e.